The summed E-state index contributed by atoms with van der Waals surface area (Å²) in [5.41, 5.74) is 6.44. The standard InChI is InChI=1S/C13H13F3N4/c14-13(15,16)11-5-6-18-12(20-11)19-8-10-4-2-1-3-9(10)7-17/h1-6H,7-8,17H2,(H,18,19,20). The van der Waals surface area contributed by atoms with Gasteiger partial charge in [-0.1, -0.05) is 24.3 Å². The maximum Gasteiger partial charge on any atom is 0.433 e. The van der Waals surface area contributed by atoms with E-state index in [-0.39, 0.29) is 5.95 Å². The number of rotatable bonds is 4. The van der Waals surface area contributed by atoms with Gasteiger partial charge in [-0.05, 0) is 17.2 Å². The Labute approximate surface area is 113 Å². The molecular weight excluding hydrogens is 269 g/mol. The molecule has 0 aliphatic heterocycles. The molecule has 0 unspecified atom stereocenters. The van der Waals surface area contributed by atoms with Crippen LogP contribution in [0.4, 0.5) is 19.1 Å². The van der Waals surface area contributed by atoms with Crippen molar-refractivity contribution >= 4 is 5.95 Å². The van der Waals surface area contributed by atoms with Crippen LogP contribution in [0.2, 0.25) is 0 Å². The average molecular weight is 282 g/mol. The van der Waals surface area contributed by atoms with Gasteiger partial charge in [0.1, 0.15) is 5.69 Å². The molecule has 0 spiro atoms. The molecular formula is C13H13F3N4. The van der Waals surface area contributed by atoms with Crippen LogP contribution in [0.5, 0.6) is 0 Å². The average Bonchev–Trinajstić information content (AvgIpc) is 2.45. The molecule has 1 heterocycles. The SMILES string of the molecule is NCc1ccccc1CNc1nccc(C(F)(F)F)n1. The van der Waals surface area contributed by atoms with E-state index < -0.39 is 11.9 Å². The second kappa shape index (κ2) is 5.87. The molecule has 4 nitrogen and oxygen atoms in total. The zero-order valence-corrected chi connectivity index (χ0v) is 10.5. The smallest absolute Gasteiger partial charge is 0.350 e. The molecule has 0 aliphatic rings. The highest BCUT2D eigenvalue weighted by atomic mass is 19.4. The number of hydrogen-bond acceptors (Lipinski definition) is 4. The van der Waals surface area contributed by atoms with Crippen molar-refractivity contribution in [3.8, 4) is 0 Å². The van der Waals surface area contributed by atoms with E-state index in [0.717, 1.165) is 23.4 Å². The Morgan fingerprint density at radius 2 is 1.80 bits per heavy atom. The molecule has 0 radical (unpaired) electrons. The second-order valence-electron chi connectivity index (χ2n) is 4.09. The predicted molar refractivity (Wildman–Crippen MR) is 68.7 cm³/mol. The minimum atomic E-state index is -4.48. The second-order valence-corrected chi connectivity index (χ2v) is 4.09. The molecule has 1 aromatic carbocycles. The lowest BCUT2D eigenvalue weighted by Crippen LogP contribution is -2.12. The van der Waals surface area contributed by atoms with Crippen molar-refractivity contribution < 1.29 is 13.2 Å². The highest BCUT2D eigenvalue weighted by molar-refractivity contribution is 5.33. The number of benzene rings is 1. The Hall–Kier alpha value is -2.15. The van der Waals surface area contributed by atoms with E-state index in [1.54, 1.807) is 0 Å². The number of nitrogens with one attached hydrogen (secondary N) is 1. The van der Waals surface area contributed by atoms with Crippen LogP contribution in [-0.4, -0.2) is 9.97 Å². The van der Waals surface area contributed by atoms with Gasteiger partial charge in [-0.2, -0.15) is 13.2 Å². The molecule has 0 aliphatic carbocycles. The van der Waals surface area contributed by atoms with E-state index in [4.69, 9.17) is 5.73 Å². The molecule has 0 bridgehead atoms. The maximum atomic E-state index is 12.5. The summed E-state index contributed by atoms with van der Waals surface area (Å²) in [6, 6.07) is 8.24. The summed E-state index contributed by atoms with van der Waals surface area (Å²) < 4.78 is 37.5. The number of hydrogen-bond donors (Lipinski definition) is 2. The predicted octanol–water partition coefficient (Wildman–Crippen LogP) is 2.57. The molecule has 0 fully saturated rings. The summed E-state index contributed by atoms with van der Waals surface area (Å²) in [5, 5.41) is 2.77. The third-order valence-electron chi connectivity index (χ3n) is 2.72. The summed E-state index contributed by atoms with van der Waals surface area (Å²) in [7, 11) is 0. The minimum Gasteiger partial charge on any atom is -0.350 e. The molecule has 0 saturated heterocycles. The number of nitrogens with zero attached hydrogens (tertiary/aromatic N) is 2. The fourth-order valence-electron chi connectivity index (χ4n) is 1.71. The van der Waals surface area contributed by atoms with Gasteiger partial charge in [0, 0.05) is 19.3 Å². The lowest BCUT2D eigenvalue weighted by molar-refractivity contribution is -0.141. The molecule has 1 aromatic heterocycles. The number of nitrogens with two attached hydrogens (primary N) is 1. The van der Waals surface area contributed by atoms with Crippen molar-refractivity contribution in [2.24, 2.45) is 5.73 Å². The van der Waals surface area contributed by atoms with Gasteiger partial charge in [0.15, 0.2) is 0 Å². The maximum absolute atomic E-state index is 12.5. The van der Waals surface area contributed by atoms with Gasteiger partial charge in [-0.25, -0.2) is 9.97 Å². The van der Waals surface area contributed by atoms with Crippen LogP contribution in [-0.2, 0) is 19.3 Å². The van der Waals surface area contributed by atoms with E-state index in [1.165, 1.54) is 0 Å². The van der Waals surface area contributed by atoms with Gasteiger partial charge >= 0.3 is 6.18 Å². The summed E-state index contributed by atoms with van der Waals surface area (Å²) in [6.45, 7) is 0.677. The van der Waals surface area contributed by atoms with Crippen LogP contribution in [0.25, 0.3) is 0 Å². The lowest BCUT2D eigenvalue weighted by atomic mass is 10.1. The van der Waals surface area contributed by atoms with Crippen molar-refractivity contribution in [2.75, 3.05) is 5.32 Å². The van der Waals surface area contributed by atoms with Crippen LogP contribution in [0, 0.1) is 0 Å². The molecule has 0 saturated carbocycles. The highest BCUT2D eigenvalue weighted by Gasteiger charge is 2.32. The van der Waals surface area contributed by atoms with Crippen molar-refractivity contribution in [2.45, 2.75) is 19.3 Å². The van der Waals surface area contributed by atoms with E-state index in [2.05, 4.69) is 15.3 Å². The molecule has 7 heteroatoms. The Balaban J connectivity index is 2.11. The first-order valence-electron chi connectivity index (χ1n) is 5.91. The van der Waals surface area contributed by atoms with Crippen LogP contribution in [0.3, 0.4) is 0 Å². The van der Waals surface area contributed by atoms with Crippen molar-refractivity contribution in [3.63, 3.8) is 0 Å². The number of alkyl halides is 3. The van der Waals surface area contributed by atoms with Gasteiger partial charge in [0.05, 0.1) is 0 Å². The molecule has 106 valence electrons. The monoisotopic (exact) mass is 282 g/mol. The fourth-order valence-corrected chi connectivity index (χ4v) is 1.71. The minimum absolute atomic E-state index is 0.0633. The summed E-state index contributed by atoms with van der Waals surface area (Å²) >= 11 is 0. The number of anilines is 1. The highest BCUT2D eigenvalue weighted by Crippen LogP contribution is 2.27. The summed E-state index contributed by atoms with van der Waals surface area (Å²) in [4.78, 5) is 7.21. The third kappa shape index (κ3) is 3.45. The van der Waals surface area contributed by atoms with E-state index >= 15 is 0 Å². The topological polar surface area (TPSA) is 63.8 Å². The lowest BCUT2D eigenvalue weighted by Gasteiger charge is -2.10. The third-order valence-corrected chi connectivity index (χ3v) is 2.72. The van der Waals surface area contributed by atoms with Crippen molar-refractivity contribution in [3.05, 3.63) is 53.3 Å². The summed E-state index contributed by atoms with van der Waals surface area (Å²) in [6.07, 6.45) is -3.40. The zero-order chi connectivity index (χ0) is 14.6. The largest absolute Gasteiger partial charge is 0.433 e. The Morgan fingerprint density at radius 3 is 2.45 bits per heavy atom. The molecule has 20 heavy (non-hydrogen) atoms. The first kappa shape index (κ1) is 14.3. The number of halogens is 3. The zero-order valence-electron chi connectivity index (χ0n) is 10.5. The van der Waals surface area contributed by atoms with Crippen molar-refractivity contribution in [1.29, 1.82) is 0 Å². The van der Waals surface area contributed by atoms with Gasteiger partial charge in [0.2, 0.25) is 5.95 Å². The van der Waals surface area contributed by atoms with Crippen LogP contribution in [0.1, 0.15) is 16.8 Å². The van der Waals surface area contributed by atoms with Gasteiger partial charge in [-0.15, -0.1) is 0 Å². The molecule has 3 N–H and O–H groups in total. The van der Waals surface area contributed by atoms with Crippen LogP contribution in [0.15, 0.2) is 36.5 Å². The molecule has 0 amide bonds. The van der Waals surface area contributed by atoms with E-state index in [0.29, 0.717) is 13.1 Å². The van der Waals surface area contributed by atoms with Gasteiger partial charge < -0.3 is 11.1 Å². The van der Waals surface area contributed by atoms with E-state index in [9.17, 15) is 13.2 Å². The van der Waals surface area contributed by atoms with Gasteiger partial charge in [0.25, 0.3) is 0 Å². The summed E-state index contributed by atoms with van der Waals surface area (Å²) in [5.74, 6) is -0.0633. The van der Waals surface area contributed by atoms with E-state index in [1.807, 2.05) is 24.3 Å². The van der Waals surface area contributed by atoms with Crippen LogP contribution < -0.4 is 11.1 Å². The first-order valence-corrected chi connectivity index (χ1v) is 5.91. The Morgan fingerprint density at radius 1 is 1.10 bits per heavy atom. The van der Waals surface area contributed by atoms with Crippen LogP contribution >= 0.6 is 0 Å². The normalized spacial score (nSPS) is 11.4. The quantitative estimate of drug-likeness (QED) is 0.904. The first-order chi connectivity index (χ1) is 9.50. The fraction of sp³-hybridized carbons (Fsp3) is 0.231. The Kier molecular flexibility index (Phi) is 4.19. The van der Waals surface area contributed by atoms with Crippen molar-refractivity contribution in [1.82, 2.24) is 9.97 Å². The molecule has 2 rings (SSSR count). The Bertz CT molecular complexity index is 584. The molecule has 2 aromatic rings. The van der Waals surface area contributed by atoms with Gasteiger partial charge in [-0.3, -0.25) is 0 Å². The molecule has 0 atom stereocenters. The number of aromatic nitrogens is 2.